The molecule has 0 aromatic heterocycles. The minimum Gasteiger partial charge on any atom is -0.469 e. The third-order valence-electron chi connectivity index (χ3n) is 3.24. The van der Waals surface area contributed by atoms with E-state index in [2.05, 4.69) is 15.9 Å². The maximum absolute atomic E-state index is 12.3. The summed E-state index contributed by atoms with van der Waals surface area (Å²) in [5, 5.41) is 0. The van der Waals surface area contributed by atoms with Crippen LogP contribution in [0.5, 0.6) is 0 Å². The van der Waals surface area contributed by atoms with E-state index in [4.69, 9.17) is 4.74 Å². The molecular formula is C17H15BrO3. The molecule has 0 aliphatic rings. The number of esters is 1. The zero-order valence-electron chi connectivity index (χ0n) is 11.6. The van der Waals surface area contributed by atoms with E-state index in [1.807, 2.05) is 30.3 Å². The highest BCUT2D eigenvalue weighted by molar-refractivity contribution is 9.10. The van der Waals surface area contributed by atoms with Crippen molar-refractivity contribution in [3.05, 3.63) is 70.2 Å². The third kappa shape index (κ3) is 4.02. The van der Waals surface area contributed by atoms with Crippen LogP contribution in [0.15, 0.2) is 59.1 Å². The Morgan fingerprint density at radius 1 is 1.05 bits per heavy atom. The summed E-state index contributed by atoms with van der Waals surface area (Å²) in [6, 6.07) is 16.3. The van der Waals surface area contributed by atoms with E-state index in [9.17, 15) is 9.59 Å². The highest BCUT2D eigenvalue weighted by Crippen LogP contribution is 2.25. The van der Waals surface area contributed by atoms with Gasteiger partial charge in [-0.1, -0.05) is 58.4 Å². The minimum atomic E-state index is -0.587. The summed E-state index contributed by atoms with van der Waals surface area (Å²) in [6.07, 6.45) is 0.0956. The van der Waals surface area contributed by atoms with Gasteiger partial charge in [-0.25, -0.2) is 0 Å². The largest absolute Gasteiger partial charge is 0.469 e. The van der Waals surface area contributed by atoms with Crippen LogP contribution >= 0.6 is 15.9 Å². The molecule has 21 heavy (non-hydrogen) atoms. The van der Waals surface area contributed by atoms with Crippen molar-refractivity contribution in [1.82, 2.24) is 0 Å². The Morgan fingerprint density at radius 3 is 2.24 bits per heavy atom. The predicted molar refractivity (Wildman–Crippen MR) is 84.3 cm³/mol. The zero-order chi connectivity index (χ0) is 15.2. The van der Waals surface area contributed by atoms with Gasteiger partial charge in [0.25, 0.3) is 0 Å². The molecular weight excluding hydrogens is 332 g/mol. The quantitative estimate of drug-likeness (QED) is 0.607. The summed E-state index contributed by atoms with van der Waals surface area (Å²) in [4.78, 5) is 24.3. The number of hydrogen-bond acceptors (Lipinski definition) is 3. The number of carbonyl (C=O) groups is 2. The number of halogens is 1. The Morgan fingerprint density at radius 2 is 1.67 bits per heavy atom. The fourth-order valence-electron chi connectivity index (χ4n) is 2.10. The Kier molecular flexibility index (Phi) is 5.28. The van der Waals surface area contributed by atoms with Crippen LogP contribution in [0.2, 0.25) is 0 Å². The molecule has 0 heterocycles. The summed E-state index contributed by atoms with van der Waals surface area (Å²) in [5.74, 6) is -1.06. The van der Waals surface area contributed by atoms with Gasteiger partial charge in [0.05, 0.1) is 13.0 Å². The van der Waals surface area contributed by atoms with Crippen LogP contribution < -0.4 is 0 Å². The molecule has 0 N–H and O–H groups in total. The maximum atomic E-state index is 12.3. The first-order valence-corrected chi connectivity index (χ1v) is 7.32. The average Bonchev–Trinajstić information content (AvgIpc) is 2.53. The number of Topliss-reactive ketones (excluding diaryl/α,β-unsaturated/α-hetero) is 1. The van der Waals surface area contributed by atoms with E-state index in [-0.39, 0.29) is 12.2 Å². The van der Waals surface area contributed by atoms with Crippen molar-refractivity contribution in [1.29, 1.82) is 0 Å². The van der Waals surface area contributed by atoms with Gasteiger partial charge in [-0.15, -0.1) is 0 Å². The Labute approximate surface area is 132 Å². The molecule has 2 aromatic carbocycles. The minimum absolute atomic E-state index is 0.0751. The molecule has 3 nitrogen and oxygen atoms in total. The number of hydrogen-bond donors (Lipinski definition) is 0. The van der Waals surface area contributed by atoms with Crippen LogP contribution in [0.25, 0.3) is 0 Å². The Balaban J connectivity index is 2.23. The lowest BCUT2D eigenvalue weighted by molar-refractivity contribution is -0.142. The van der Waals surface area contributed by atoms with E-state index < -0.39 is 11.9 Å². The fourth-order valence-corrected chi connectivity index (χ4v) is 2.37. The van der Waals surface area contributed by atoms with Crippen LogP contribution in [0, 0.1) is 0 Å². The van der Waals surface area contributed by atoms with Crippen LogP contribution in [0.3, 0.4) is 0 Å². The van der Waals surface area contributed by atoms with Crippen molar-refractivity contribution in [3.8, 4) is 0 Å². The van der Waals surface area contributed by atoms with Gasteiger partial charge >= 0.3 is 5.97 Å². The van der Waals surface area contributed by atoms with E-state index in [1.165, 1.54) is 7.11 Å². The van der Waals surface area contributed by atoms with Crippen molar-refractivity contribution in [2.24, 2.45) is 0 Å². The standard InChI is InChI=1S/C17H15BrO3/c1-21-17(20)15(12-7-9-14(18)10-8-12)11-16(19)13-5-3-2-4-6-13/h2-10,15H,11H2,1H3. The fraction of sp³-hybridized carbons (Fsp3) is 0.176. The first-order chi connectivity index (χ1) is 10.1. The zero-order valence-corrected chi connectivity index (χ0v) is 13.2. The number of benzene rings is 2. The van der Waals surface area contributed by atoms with Crippen molar-refractivity contribution in [2.75, 3.05) is 7.11 Å². The second-order valence-corrected chi connectivity index (χ2v) is 5.54. The summed E-state index contributed by atoms with van der Waals surface area (Å²) in [6.45, 7) is 0. The average molecular weight is 347 g/mol. The van der Waals surface area contributed by atoms with E-state index in [0.29, 0.717) is 5.56 Å². The molecule has 108 valence electrons. The molecule has 4 heteroatoms. The van der Waals surface area contributed by atoms with Gasteiger partial charge in [0.15, 0.2) is 5.78 Å². The lowest BCUT2D eigenvalue weighted by Gasteiger charge is -2.14. The molecule has 0 saturated heterocycles. The number of rotatable bonds is 5. The summed E-state index contributed by atoms with van der Waals surface area (Å²) in [5.41, 5.74) is 1.37. The molecule has 0 fully saturated rings. The normalized spacial score (nSPS) is 11.7. The topological polar surface area (TPSA) is 43.4 Å². The van der Waals surface area contributed by atoms with Gasteiger partial charge in [0, 0.05) is 16.5 Å². The Bertz CT molecular complexity index is 620. The molecule has 1 unspecified atom stereocenters. The Hall–Kier alpha value is -1.94. The van der Waals surface area contributed by atoms with Gasteiger partial charge < -0.3 is 4.74 Å². The van der Waals surface area contributed by atoms with Crippen molar-refractivity contribution < 1.29 is 14.3 Å². The number of carbonyl (C=O) groups excluding carboxylic acids is 2. The number of methoxy groups -OCH3 is 1. The maximum Gasteiger partial charge on any atom is 0.313 e. The molecule has 0 radical (unpaired) electrons. The lowest BCUT2D eigenvalue weighted by atomic mass is 9.91. The van der Waals surface area contributed by atoms with E-state index in [1.54, 1.807) is 24.3 Å². The second kappa shape index (κ2) is 7.18. The molecule has 1 atom stereocenters. The SMILES string of the molecule is COC(=O)C(CC(=O)c1ccccc1)c1ccc(Br)cc1. The first kappa shape index (κ1) is 15.4. The van der Waals surface area contributed by atoms with Gasteiger partial charge in [-0.3, -0.25) is 9.59 Å². The van der Waals surface area contributed by atoms with Crippen LogP contribution in [0.1, 0.15) is 28.3 Å². The molecule has 2 rings (SSSR count). The van der Waals surface area contributed by atoms with Crippen molar-refractivity contribution in [2.45, 2.75) is 12.3 Å². The van der Waals surface area contributed by atoms with Gasteiger partial charge in [-0.05, 0) is 17.7 Å². The molecule has 0 aliphatic carbocycles. The molecule has 0 spiro atoms. The lowest BCUT2D eigenvalue weighted by Crippen LogP contribution is -2.18. The second-order valence-electron chi connectivity index (χ2n) is 4.62. The van der Waals surface area contributed by atoms with Crippen molar-refractivity contribution >= 4 is 27.7 Å². The number of ketones is 1. The molecule has 2 aromatic rings. The van der Waals surface area contributed by atoms with E-state index >= 15 is 0 Å². The van der Waals surface area contributed by atoms with Gasteiger partial charge in [0.1, 0.15) is 0 Å². The molecule has 0 bridgehead atoms. The van der Waals surface area contributed by atoms with Crippen LogP contribution in [0.4, 0.5) is 0 Å². The highest BCUT2D eigenvalue weighted by Gasteiger charge is 2.25. The molecule has 0 aliphatic heterocycles. The summed E-state index contributed by atoms with van der Waals surface area (Å²) >= 11 is 3.35. The summed E-state index contributed by atoms with van der Waals surface area (Å²) in [7, 11) is 1.33. The highest BCUT2D eigenvalue weighted by atomic mass is 79.9. The first-order valence-electron chi connectivity index (χ1n) is 6.53. The van der Waals surface area contributed by atoms with Crippen molar-refractivity contribution in [3.63, 3.8) is 0 Å². The molecule has 0 amide bonds. The smallest absolute Gasteiger partial charge is 0.313 e. The van der Waals surface area contributed by atoms with Gasteiger partial charge in [-0.2, -0.15) is 0 Å². The number of ether oxygens (including phenoxy) is 1. The predicted octanol–water partition coefficient (Wildman–Crippen LogP) is 3.98. The third-order valence-corrected chi connectivity index (χ3v) is 3.77. The monoisotopic (exact) mass is 346 g/mol. The van der Waals surface area contributed by atoms with E-state index in [0.717, 1.165) is 10.0 Å². The summed E-state index contributed by atoms with van der Waals surface area (Å²) < 4.78 is 5.75. The van der Waals surface area contributed by atoms with Gasteiger partial charge in [0.2, 0.25) is 0 Å². The molecule has 0 saturated carbocycles. The van der Waals surface area contributed by atoms with Crippen LogP contribution in [-0.4, -0.2) is 18.9 Å². The van der Waals surface area contributed by atoms with Crippen LogP contribution in [-0.2, 0) is 9.53 Å².